The van der Waals surface area contributed by atoms with Crippen LogP contribution in [0.5, 0.6) is 5.75 Å². The molecule has 0 aliphatic heterocycles. The normalized spacial score (nSPS) is 16.8. The molecule has 1 aliphatic rings. The number of likely N-dealkylation sites (N-methyl/N-ethyl adjacent to an activating group) is 1. The Kier molecular flexibility index (Phi) is 6.92. The summed E-state index contributed by atoms with van der Waals surface area (Å²) in [6, 6.07) is 6.20. The molecule has 1 fully saturated rings. The molecule has 146 valence electrons. The van der Waals surface area contributed by atoms with Crippen molar-refractivity contribution in [1.29, 1.82) is 0 Å². The molecule has 6 nitrogen and oxygen atoms in total. The Labute approximate surface area is 157 Å². The molecular weight excluding hydrogens is 352 g/mol. The topological polar surface area (TPSA) is 66.9 Å². The van der Waals surface area contributed by atoms with Gasteiger partial charge in [-0.05, 0) is 51.0 Å². The van der Waals surface area contributed by atoms with Crippen LogP contribution in [-0.2, 0) is 14.8 Å². The molecule has 1 aromatic rings. The van der Waals surface area contributed by atoms with E-state index < -0.39 is 16.1 Å². The Morgan fingerprint density at radius 1 is 1.19 bits per heavy atom. The zero-order chi connectivity index (χ0) is 19.3. The first-order valence-corrected chi connectivity index (χ1v) is 11.1. The summed E-state index contributed by atoms with van der Waals surface area (Å²) in [6.45, 7) is 4.08. The van der Waals surface area contributed by atoms with Crippen molar-refractivity contribution in [3.05, 3.63) is 24.3 Å². The lowest BCUT2D eigenvalue weighted by molar-refractivity contribution is -0.133. The van der Waals surface area contributed by atoms with Crippen LogP contribution in [0.25, 0.3) is 0 Å². The van der Waals surface area contributed by atoms with Crippen LogP contribution >= 0.6 is 0 Å². The molecule has 1 aliphatic carbocycles. The SMILES string of the molecule is CCOc1ccc(N([C@@H](C)C(=O)N(C)C2CCCCC2)S(C)(=O)=O)cc1. The lowest BCUT2D eigenvalue weighted by atomic mass is 9.94. The van der Waals surface area contributed by atoms with Gasteiger partial charge in [-0.15, -0.1) is 0 Å². The van der Waals surface area contributed by atoms with Crippen molar-refractivity contribution < 1.29 is 17.9 Å². The monoisotopic (exact) mass is 382 g/mol. The predicted molar refractivity (Wildman–Crippen MR) is 104 cm³/mol. The predicted octanol–water partition coefficient (Wildman–Crippen LogP) is 3.03. The lowest BCUT2D eigenvalue weighted by Gasteiger charge is -2.36. The van der Waals surface area contributed by atoms with E-state index in [-0.39, 0.29) is 11.9 Å². The van der Waals surface area contributed by atoms with Gasteiger partial charge in [-0.25, -0.2) is 8.42 Å². The number of anilines is 1. The van der Waals surface area contributed by atoms with E-state index in [2.05, 4.69) is 0 Å². The molecule has 1 saturated carbocycles. The van der Waals surface area contributed by atoms with Crippen LogP contribution in [0.15, 0.2) is 24.3 Å². The van der Waals surface area contributed by atoms with E-state index in [1.165, 1.54) is 10.7 Å². The van der Waals surface area contributed by atoms with Crippen LogP contribution < -0.4 is 9.04 Å². The molecule has 0 N–H and O–H groups in total. The van der Waals surface area contributed by atoms with Gasteiger partial charge in [0.1, 0.15) is 11.8 Å². The summed E-state index contributed by atoms with van der Waals surface area (Å²) in [6.07, 6.45) is 6.54. The Morgan fingerprint density at radius 2 is 1.77 bits per heavy atom. The molecule has 26 heavy (non-hydrogen) atoms. The first kappa shape index (κ1) is 20.6. The molecule has 0 aromatic heterocycles. The molecular formula is C19H30N2O4S. The molecule has 1 atom stereocenters. The Balaban J connectivity index is 2.23. The van der Waals surface area contributed by atoms with Crippen LogP contribution in [0.2, 0.25) is 0 Å². The highest BCUT2D eigenvalue weighted by Crippen LogP contribution is 2.27. The van der Waals surface area contributed by atoms with Gasteiger partial charge in [0.2, 0.25) is 15.9 Å². The summed E-state index contributed by atoms with van der Waals surface area (Å²) in [5.74, 6) is 0.499. The highest BCUT2D eigenvalue weighted by atomic mass is 32.2. The number of hydrogen-bond acceptors (Lipinski definition) is 4. The zero-order valence-corrected chi connectivity index (χ0v) is 17.0. The largest absolute Gasteiger partial charge is 0.494 e. The highest BCUT2D eigenvalue weighted by molar-refractivity contribution is 7.92. The summed E-state index contributed by atoms with van der Waals surface area (Å²) >= 11 is 0. The molecule has 0 unspecified atom stereocenters. The molecule has 7 heteroatoms. The maximum atomic E-state index is 13.0. The minimum atomic E-state index is -3.61. The van der Waals surface area contributed by atoms with Gasteiger partial charge in [0.05, 0.1) is 18.6 Å². The van der Waals surface area contributed by atoms with Crippen molar-refractivity contribution >= 4 is 21.6 Å². The molecule has 0 radical (unpaired) electrons. The fourth-order valence-electron chi connectivity index (χ4n) is 3.60. The fourth-order valence-corrected chi connectivity index (χ4v) is 4.77. The molecule has 0 bridgehead atoms. The third-order valence-electron chi connectivity index (χ3n) is 4.94. The molecule has 2 rings (SSSR count). The first-order chi connectivity index (χ1) is 12.3. The zero-order valence-electron chi connectivity index (χ0n) is 16.1. The van der Waals surface area contributed by atoms with Gasteiger partial charge in [0.15, 0.2) is 0 Å². The summed E-state index contributed by atoms with van der Waals surface area (Å²) in [5.41, 5.74) is 0.467. The third-order valence-corrected chi connectivity index (χ3v) is 6.18. The van der Waals surface area contributed by atoms with Crippen LogP contribution in [0.1, 0.15) is 46.0 Å². The number of hydrogen-bond donors (Lipinski definition) is 0. The molecule has 0 heterocycles. The van der Waals surface area contributed by atoms with Crippen molar-refractivity contribution in [2.45, 2.75) is 58.0 Å². The summed E-state index contributed by atoms with van der Waals surface area (Å²) in [5, 5.41) is 0. The summed E-state index contributed by atoms with van der Waals surface area (Å²) in [7, 11) is -1.82. The van der Waals surface area contributed by atoms with E-state index in [1.807, 2.05) is 6.92 Å². The van der Waals surface area contributed by atoms with E-state index in [0.717, 1.165) is 31.9 Å². The first-order valence-electron chi connectivity index (χ1n) is 9.24. The number of amides is 1. The van der Waals surface area contributed by atoms with Gasteiger partial charge in [-0.1, -0.05) is 19.3 Å². The van der Waals surface area contributed by atoms with Crippen LogP contribution in [0, 0.1) is 0 Å². The minimum Gasteiger partial charge on any atom is -0.494 e. The number of carbonyl (C=O) groups is 1. The number of nitrogens with zero attached hydrogens (tertiary/aromatic N) is 2. The quantitative estimate of drug-likeness (QED) is 0.727. The summed E-state index contributed by atoms with van der Waals surface area (Å²) < 4.78 is 31.4. The second kappa shape index (κ2) is 8.75. The third kappa shape index (κ3) is 4.90. The summed E-state index contributed by atoms with van der Waals surface area (Å²) in [4.78, 5) is 14.7. The molecule has 0 spiro atoms. The number of ether oxygens (including phenoxy) is 1. The standard InChI is InChI=1S/C19H30N2O4S/c1-5-25-18-13-11-17(12-14-18)21(26(4,23)24)15(2)19(22)20(3)16-9-7-6-8-10-16/h11-16H,5-10H2,1-4H3/t15-/m0/s1. The van der Waals surface area contributed by atoms with Crippen LogP contribution in [0.4, 0.5) is 5.69 Å². The second-order valence-electron chi connectivity index (χ2n) is 6.90. The van der Waals surface area contributed by atoms with Crippen molar-refractivity contribution in [2.24, 2.45) is 0 Å². The smallest absolute Gasteiger partial charge is 0.246 e. The van der Waals surface area contributed by atoms with E-state index >= 15 is 0 Å². The minimum absolute atomic E-state index is 0.170. The highest BCUT2D eigenvalue weighted by Gasteiger charge is 2.33. The van der Waals surface area contributed by atoms with Crippen molar-refractivity contribution in [3.63, 3.8) is 0 Å². The molecule has 1 aromatic carbocycles. The average Bonchev–Trinajstić information content (AvgIpc) is 2.62. The number of sulfonamides is 1. The number of carbonyl (C=O) groups excluding carboxylic acids is 1. The number of benzene rings is 1. The van der Waals surface area contributed by atoms with Crippen molar-refractivity contribution in [2.75, 3.05) is 24.2 Å². The van der Waals surface area contributed by atoms with Crippen molar-refractivity contribution in [1.82, 2.24) is 4.90 Å². The van der Waals surface area contributed by atoms with Gasteiger partial charge in [-0.2, -0.15) is 0 Å². The van der Waals surface area contributed by atoms with Crippen LogP contribution in [0.3, 0.4) is 0 Å². The van der Waals surface area contributed by atoms with E-state index in [1.54, 1.807) is 43.1 Å². The Hall–Kier alpha value is -1.76. The Morgan fingerprint density at radius 3 is 2.27 bits per heavy atom. The molecule has 1 amide bonds. The van der Waals surface area contributed by atoms with E-state index in [0.29, 0.717) is 18.0 Å². The van der Waals surface area contributed by atoms with Crippen molar-refractivity contribution in [3.8, 4) is 5.75 Å². The van der Waals surface area contributed by atoms with Crippen LogP contribution in [-0.4, -0.2) is 51.2 Å². The van der Waals surface area contributed by atoms with Gasteiger partial charge < -0.3 is 9.64 Å². The van der Waals surface area contributed by atoms with E-state index in [4.69, 9.17) is 4.74 Å². The van der Waals surface area contributed by atoms with Gasteiger partial charge in [-0.3, -0.25) is 9.10 Å². The molecule has 0 saturated heterocycles. The lowest BCUT2D eigenvalue weighted by Crippen LogP contribution is -2.51. The Bertz CT molecular complexity index is 697. The van der Waals surface area contributed by atoms with Gasteiger partial charge in [0.25, 0.3) is 0 Å². The fraction of sp³-hybridized carbons (Fsp3) is 0.632. The second-order valence-corrected chi connectivity index (χ2v) is 8.76. The maximum Gasteiger partial charge on any atom is 0.246 e. The van der Waals surface area contributed by atoms with Gasteiger partial charge >= 0.3 is 0 Å². The number of rotatable bonds is 7. The van der Waals surface area contributed by atoms with E-state index in [9.17, 15) is 13.2 Å². The average molecular weight is 383 g/mol. The maximum absolute atomic E-state index is 13.0. The van der Waals surface area contributed by atoms with Gasteiger partial charge in [0, 0.05) is 13.1 Å².